The highest BCUT2D eigenvalue weighted by Gasteiger charge is 2.20. The lowest BCUT2D eigenvalue weighted by Crippen LogP contribution is -2.45. The molecule has 2 atom stereocenters. The number of carbonyl (C=O) groups is 2. The van der Waals surface area contributed by atoms with E-state index in [9.17, 15) is 19.8 Å². The van der Waals surface area contributed by atoms with Gasteiger partial charge in [0.1, 0.15) is 0 Å². The Kier molecular flexibility index (Phi) is 48.6. The molecule has 0 saturated carbocycles. The molecule has 0 aromatic rings. The molecule has 60 heavy (non-hydrogen) atoms. The highest BCUT2D eigenvalue weighted by atomic mass is 16.5. The van der Waals surface area contributed by atoms with Crippen molar-refractivity contribution in [3.05, 3.63) is 24.3 Å². The predicted molar refractivity (Wildman–Crippen MR) is 260 cm³/mol. The Labute approximate surface area is 373 Å². The molecule has 0 aliphatic rings. The molecule has 3 N–H and O–H groups in total. The molecule has 0 aromatic carbocycles. The summed E-state index contributed by atoms with van der Waals surface area (Å²) in [5.74, 6) is -0.102. The molecule has 0 rings (SSSR count). The van der Waals surface area contributed by atoms with E-state index in [0.717, 1.165) is 83.5 Å². The molecule has 0 heterocycles. The lowest BCUT2D eigenvalue weighted by atomic mass is 10.0. The highest BCUT2D eigenvalue weighted by molar-refractivity contribution is 5.76. The number of nitrogens with one attached hydrogen (secondary N) is 1. The third-order valence-electron chi connectivity index (χ3n) is 12.2. The second kappa shape index (κ2) is 50.0. The lowest BCUT2D eigenvalue weighted by molar-refractivity contribution is -0.143. The Bertz CT molecular complexity index is 935. The number of aliphatic hydroxyl groups excluding tert-OH is 2. The number of unbranched alkanes of at least 4 members (excludes halogenated alkanes) is 34. The lowest BCUT2D eigenvalue weighted by Gasteiger charge is -2.22. The van der Waals surface area contributed by atoms with Crippen molar-refractivity contribution in [1.82, 2.24) is 5.32 Å². The molecule has 0 aromatic heterocycles. The van der Waals surface area contributed by atoms with Crippen molar-refractivity contribution < 1.29 is 24.5 Å². The molecular weight excluding hydrogens is 743 g/mol. The van der Waals surface area contributed by atoms with Crippen LogP contribution >= 0.6 is 0 Å². The summed E-state index contributed by atoms with van der Waals surface area (Å²) in [6.45, 7) is 4.87. The van der Waals surface area contributed by atoms with Gasteiger partial charge in [-0.05, 0) is 77.0 Å². The zero-order chi connectivity index (χ0) is 43.7. The Balaban J connectivity index is 3.52. The smallest absolute Gasteiger partial charge is 0.305 e. The van der Waals surface area contributed by atoms with Crippen LogP contribution in [0.3, 0.4) is 0 Å². The number of allylic oxidation sites excluding steroid dienone is 4. The van der Waals surface area contributed by atoms with Crippen molar-refractivity contribution in [3.63, 3.8) is 0 Å². The van der Waals surface area contributed by atoms with Crippen LogP contribution in [-0.4, -0.2) is 47.4 Å². The van der Waals surface area contributed by atoms with Gasteiger partial charge in [0.15, 0.2) is 0 Å². The van der Waals surface area contributed by atoms with Crippen molar-refractivity contribution in [2.24, 2.45) is 0 Å². The van der Waals surface area contributed by atoms with Crippen LogP contribution in [0.2, 0.25) is 0 Å². The summed E-state index contributed by atoms with van der Waals surface area (Å²) in [7, 11) is 0. The van der Waals surface area contributed by atoms with Gasteiger partial charge in [0.25, 0.3) is 0 Å². The standard InChI is InChI=1S/C54H103NO5/c1-3-5-7-9-11-13-15-17-19-21-23-26-30-34-38-42-46-52(57)51(50-56)55-53(58)47-43-39-35-31-27-25-29-33-37-41-45-49-60-54(59)48-44-40-36-32-28-24-22-20-18-16-14-12-10-8-6-4-2/h20,22,29,33,51-52,56-57H,3-19,21,23-28,30-32,34-50H2,1-2H3,(H,55,58)/b22-20-,33-29-. The second-order valence-corrected chi connectivity index (χ2v) is 18.2. The summed E-state index contributed by atoms with van der Waals surface area (Å²) in [6.07, 6.45) is 58.6. The maximum absolute atomic E-state index is 12.4. The van der Waals surface area contributed by atoms with Gasteiger partial charge in [-0.3, -0.25) is 9.59 Å². The molecule has 1 amide bonds. The summed E-state index contributed by atoms with van der Waals surface area (Å²) in [4.78, 5) is 24.5. The van der Waals surface area contributed by atoms with Gasteiger partial charge in [-0.2, -0.15) is 0 Å². The van der Waals surface area contributed by atoms with E-state index in [-0.39, 0.29) is 18.5 Å². The van der Waals surface area contributed by atoms with Gasteiger partial charge >= 0.3 is 5.97 Å². The first-order chi connectivity index (χ1) is 29.5. The number of ether oxygens (including phenoxy) is 1. The summed E-state index contributed by atoms with van der Waals surface area (Å²) in [6, 6.07) is -0.562. The number of esters is 1. The van der Waals surface area contributed by atoms with Crippen molar-refractivity contribution in [3.8, 4) is 0 Å². The van der Waals surface area contributed by atoms with E-state index in [1.54, 1.807) is 0 Å². The first-order valence-corrected chi connectivity index (χ1v) is 26.6. The first-order valence-electron chi connectivity index (χ1n) is 26.6. The quantitative estimate of drug-likeness (QED) is 0.0322. The number of carbonyl (C=O) groups excluding carboxylic acids is 2. The molecular formula is C54H103NO5. The fourth-order valence-electron chi connectivity index (χ4n) is 8.10. The fraction of sp³-hybridized carbons (Fsp3) is 0.889. The van der Waals surface area contributed by atoms with Crippen molar-refractivity contribution in [2.75, 3.05) is 13.2 Å². The Morgan fingerprint density at radius 3 is 1.18 bits per heavy atom. The molecule has 6 nitrogen and oxygen atoms in total. The zero-order valence-corrected chi connectivity index (χ0v) is 40.2. The summed E-state index contributed by atoms with van der Waals surface area (Å²) >= 11 is 0. The van der Waals surface area contributed by atoms with Crippen LogP contribution < -0.4 is 5.32 Å². The SMILES string of the molecule is CCCCCCCCC/C=C\CCCCCCCC(=O)OCCCC/C=C\CCCCCCCC(=O)NC(CO)C(O)CCCCCCCCCCCCCCCCCC. The van der Waals surface area contributed by atoms with Crippen LogP contribution in [0.1, 0.15) is 284 Å². The number of aliphatic hydroxyl groups is 2. The normalized spacial score (nSPS) is 12.8. The Morgan fingerprint density at radius 1 is 0.450 bits per heavy atom. The highest BCUT2D eigenvalue weighted by Crippen LogP contribution is 2.16. The fourth-order valence-corrected chi connectivity index (χ4v) is 8.10. The Hall–Kier alpha value is -1.66. The van der Waals surface area contributed by atoms with E-state index in [4.69, 9.17) is 4.74 Å². The minimum absolute atomic E-state index is 0.0384. The molecule has 0 fully saturated rings. The maximum atomic E-state index is 12.4. The van der Waals surface area contributed by atoms with Crippen LogP contribution in [0, 0.1) is 0 Å². The first kappa shape index (κ1) is 58.3. The summed E-state index contributed by atoms with van der Waals surface area (Å²) < 4.78 is 5.44. The second-order valence-electron chi connectivity index (χ2n) is 18.2. The van der Waals surface area contributed by atoms with Gasteiger partial charge in [0, 0.05) is 12.8 Å². The average Bonchev–Trinajstić information content (AvgIpc) is 3.25. The van der Waals surface area contributed by atoms with Gasteiger partial charge < -0.3 is 20.3 Å². The monoisotopic (exact) mass is 846 g/mol. The largest absolute Gasteiger partial charge is 0.466 e. The minimum atomic E-state index is -0.682. The number of rotatable bonds is 49. The molecule has 2 unspecified atom stereocenters. The van der Waals surface area contributed by atoms with Gasteiger partial charge in [0.2, 0.25) is 5.91 Å². The van der Waals surface area contributed by atoms with E-state index in [2.05, 4.69) is 43.5 Å². The molecule has 0 aliphatic heterocycles. The molecule has 0 aliphatic carbocycles. The van der Waals surface area contributed by atoms with Crippen LogP contribution in [-0.2, 0) is 14.3 Å². The Morgan fingerprint density at radius 2 is 0.783 bits per heavy atom. The number of hydrogen-bond donors (Lipinski definition) is 3. The van der Waals surface area contributed by atoms with E-state index in [0.29, 0.717) is 25.9 Å². The van der Waals surface area contributed by atoms with Crippen molar-refractivity contribution >= 4 is 11.9 Å². The molecule has 354 valence electrons. The van der Waals surface area contributed by atoms with Gasteiger partial charge in [-0.25, -0.2) is 0 Å². The van der Waals surface area contributed by atoms with Crippen LogP contribution in [0.25, 0.3) is 0 Å². The summed E-state index contributed by atoms with van der Waals surface area (Å²) in [5, 5.41) is 23.2. The third-order valence-corrected chi connectivity index (χ3v) is 12.2. The number of hydrogen-bond acceptors (Lipinski definition) is 5. The van der Waals surface area contributed by atoms with Gasteiger partial charge in [0.05, 0.1) is 25.4 Å². The minimum Gasteiger partial charge on any atom is -0.466 e. The van der Waals surface area contributed by atoms with E-state index >= 15 is 0 Å². The molecule has 0 saturated heterocycles. The third kappa shape index (κ3) is 45.9. The maximum Gasteiger partial charge on any atom is 0.305 e. The predicted octanol–water partition coefficient (Wildman–Crippen LogP) is 15.9. The van der Waals surface area contributed by atoms with Crippen molar-refractivity contribution in [1.29, 1.82) is 0 Å². The van der Waals surface area contributed by atoms with E-state index in [1.807, 2.05) is 0 Å². The van der Waals surface area contributed by atoms with Crippen LogP contribution in [0.4, 0.5) is 0 Å². The molecule has 6 heteroatoms. The summed E-state index contributed by atoms with van der Waals surface area (Å²) in [5.41, 5.74) is 0. The van der Waals surface area contributed by atoms with E-state index in [1.165, 1.54) is 167 Å². The average molecular weight is 846 g/mol. The van der Waals surface area contributed by atoms with E-state index < -0.39 is 12.1 Å². The zero-order valence-electron chi connectivity index (χ0n) is 40.2. The van der Waals surface area contributed by atoms with Gasteiger partial charge in [-0.1, -0.05) is 218 Å². The number of amides is 1. The topological polar surface area (TPSA) is 95.9 Å². The van der Waals surface area contributed by atoms with Gasteiger partial charge in [-0.15, -0.1) is 0 Å². The molecule has 0 radical (unpaired) electrons. The van der Waals surface area contributed by atoms with Crippen molar-refractivity contribution in [2.45, 2.75) is 296 Å². The molecule has 0 bridgehead atoms. The van der Waals surface area contributed by atoms with Crippen LogP contribution in [0.15, 0.2) is 24.3 Å². The molecule has 0 spiro atoms. The van der Waals surface area contributed by atoms with Crippen LogP contribution in [0.5, 0.6) is 0 Å².